The molecule has 1 atom stereocenters. The fraction of sp³-hybridized carbons (Fsp3) is 0.481. The molecule has 2 aromatic rings. The average Bonchev–Trinajstić information content (AvgIpc) is 3.14. The summed E-state index contributed by atoms with van der Waals surface area (Å²) in [6, 6.07) is 11.0. The number of benzene rings is 2. The van der Waals surface area contributed by atoms with E-state index in [0.29, 0.717) is 24.5 Å². The lowest BCUT2D eigenvalue weighted by Gasteiger charge is -2.43. The summed E-state index contributed by atoms with van der Waals surface area (Å²) in [6.45, 7) is 0.359. The van der Waals surface area contributed by atoms with Crippen molar-refractivity contribution >= 4 is 11.8 Å². The molecule has 0 N–H and O–H groups in total. The third-order valence-corrected chi connectivity index (χ3v) is 7.01. The maximum absolute atomic E-state index is 14.9. The topological polar surface area (TPSA) is 59.1 Å². The van der Waals surface area contributed by atoms with E-state index in [2.05, 4.69) is 0 Å². The minimum atomic E-state index is -0.953. The van der Waals surface area contributed by atoms with Crippen LogP contribution in [0, 0.1) is 5.82 Å². The number of halogens is 1. The molecular formula is C27H33FN2O4. The van der Waals surface area contributed by atoms with Gasteiger partial charge in [0.05, 0.1) is 14.2 Å². The molecule has 1 heterocycles. The molecule has 0 unspecified atom stereocenters. The van der Waals surface area contributed by atoms with Gasteiger partial charge in [0.1, 0.15) is 18.4 Å². The van der Waals surface area contributed by atoms with Gasteiger partial charge in [-0.15, -0.1) is 0 Å². The molecule has 2 fully saturated rings. The lowest BCUT2D eigenvalue weighted by Crippen LogP contribution is -2.58. The fourth-order valence-corrected chi connectivity index (χ4v) is 5.16. The zero-order chi connectivity index (χ0) is 24.1. The van der Waals surface area contributed by atoms with Crippen molar-refractivity contribution in [1.29, 1.82) is 0 Å². The number of carbonyl (C=O) groups excluding carboxylic acids is 2. The highest BCUT2D eigenvalue weighted by Crippen LogP contribution is 2.34. The molecule has 2 aliphatic rings. The molecule has 0 spiro atoms. The van der Waals surface area contributed by atoms with E-state index in [1.54, 1.807) is 42.2 Å². The van der Waals surface area contributed by atoms with Crippen molar-refractivity contribution in [2.24, 2.45) is 0 Å². The predicted octanol–water partition coefficient (Wildman–Crippen LogP) is 4.52. The van der Waals surface area contributed by atoms with E-state index in [0.717, 1.165) is 44.1 Å². The number of hydrogen-bond acceptors (Lipinski definition) is 4. The van der Waals surface area contributed by atoms with Crippen LogP contribution >= 0.6 is 0 Å². The molecule has 34 heavy (non-hydrogen) atoms. The van der Waals surface area contributed by atoms with E-state index < -0.39 is 11.9 Å². The normalized spacial score (nSPS) is 19.8. The smallest absolute Gasteiger partial charge is 0.250 e. The summed E-state index contributed by atoms with van der Waals surface area (Å²) in [5.41, 5.74) is 1.20. The fourth-order valence-electron chi connectivity index (χ4n) is 5.16. The molecule has 1 aliphatic carbocycles. The molecular weight excluding hydrogens is 435 g/mol. The Hall–Kier alpha value is -3.09. The first-order valence-electron chi connectivity index (χ1n) is 12.1. The number of methoxy groups -OCH3 is 2. The first-order chi connectivity index (χ1) is 16.5. The van der Waals surface area contributed by atoms with Crippen LogP contribution in [0.5, 0.6) is 11.5 Å². The molecule has 2 amide bonds. The first kappa shape index (κ1) is 24.0. The second-order valence-corrected chi connectivity index (χ2v) is 9.06. The van der Waals surface area contributed by atoms with E-state index in [9.17, 15) is 14.0 Å². The SMILES string of the molecule is COc1ccc(CCN2C(=O)CN(C3CCCCCC3)C(=O)[C@H]2c2ccccc2F)cc1OC. The Bertz CT molecular complexity index is 1020. The maximum Gasteiger partial charge on any atom is 0.250 e. The standard InChI is InChI=1S/C27H33FN2O4/c1-33-23-14-13-19(17-24(23)34-2)15-16-29-25(31)18-30(20-9-5-3-4-6-10-20)27(32)26(29)21-11-7-8-12-22(21)28/h7-8,11-14,17,20,26H,3-6,9-10,15-16,18H2,1-2H3/t26-/m1/s1. The van der Waals surface area contributed by atoms with Crippen molar-refractivity contribution in [3.8, 4) is 11.5 Å². The van der Waals surface area contributed by atoms with Crippen molar-refractivity contribution in [2.45, 2.75) is 57.0 Å². The molecule has 4 rings (SSSR count). The highest BCUT2D eigenvalue weighted by Gasteiger charge is 2.43. The van der Waals surface area contributed by atoms with Crippen LogP contribution in [0.25, 0.3) is 0 Å². The third-order valence-electron chi connectivity index (χ3n) is 7.01. The molecule has 7 heteroatoms. The molecule has 0 radical (unpaired) electrons. The van der Waals surface area contributed by atoms with Gasteiger partial charge in [-0.25, -0.2) is 4.39 Å². The van der Waals surface area contributed by atoms with E-state index in [-0.39, 0.29) is 30.0 Å². The summed E-state index contributed by atoms with van der Waals surface area (Å²) in [7, 11) is 3.15. The maximum atomic E-state index is 14.9. The summed E-state index contributed by atoms with van der Waals surface area (Å²) >= 11 is 0. The Labute approximate surface area is 200 Å². The molecule has 6 nitrogen and oxygen atoms in total. The van der Waals surface area contributed by atoms with E-state index in [1.807, 2.05) is 18.2 Å². The second-order valence-electron chi connectivity index (χ2n) is 9.06. The van der Waals surface area contributed by atoms with Crippen molar-refractivity contribution in [2.75, 3.05) is 27.3 Å². The van der Waals surface area contributed by atoms with Crippen LogP contribution < -0.4 is 9.47 Å². The van der Waals surface area contributed by atoms with Gasteiger partial charge in [-0.3, -0.25) is 9.59 Å². The van der Waals surface area contributed by atoms with Gasteiger partial charge in [-0.1, -0.05) is 49.9 Å². The van der Waals surface area contributed by atoms with Gasteiger partial charge in [0.2, 0.25) is 5.91 Å². The van der Waals surface area contributed by atoms with Gasteiger partial charge < -0.3 is 19.3 Å². The molecule has 182 valence electrons. The average molecular weight is 469 g/mol. The Morgan fingerprint density at radius 2 is 1.65 bits per heavy atom. The highest BCUT2D eigenvalue weighted by atomic mass is 19.1. The van der Waals surface area contributed by atoms with Crippen LogP contribution in [0.4, 0.5) is 4.39 Å². The molecule has 1 saturated carbocycles. The number of rotatable bonds is 7. The Morgan fingerprint density at radius 1 is 0.941 bits per heavy atom. The number of carbonyl (C=O) groups is 2. The number of piperazine rings is 1. The minimum Gasteiger partial charge on any atom is -0.493 e. The van der Waals surface area contributed by atoms with Crippen LogP contribution in [-0.4, -0.2) is 55.0 Å². The Balaban J connectivity index is 1.61. The second kappa shape index (κ2) is 10.9. The zero-order valence-electron chi connectivity index (χ0n) is 20.0. The molecule has 1 aliphatic heterocycles. The third kappa shape index (κ3) is 5.03. The monoisotopic (exact) mass is 468 g/mol. The number of amides is 2. The zero-order valence-corrected chi connectivity index (χ0v) is 20.0. The lowest BCUT2D eigenvalue weighted by atomic mass is 9.96. The molecule has 1 saturated heterocycles. The minimum absolute atomic E-state index is 0.0428. The van der Waals surface area contributed by atoms with Crippen molar-refractivity contribution in [1.82, 2.24) is 9.80 Å². The van der Waals surface area contributed by atoms with E-state index in [1.165, 1.54) is 6.07 Å². The van der Waals surface area contributed by atoms with Crippen LogP contribution in [0.2, 0.25) is 0 Å². The van der Waals surface area contributed by atoms with Gasteiger partial charge in [-0.05, 0) is 43.0 Å². The van der Waals surface area contributed by atoms with E-state index in [4.69, 9.17) is 9.47 Å². The summed E-state index contributed by atoms with van der Waals surface area (Å²) in [5.74, 6) is 0.443. The Morgan fingerprint density at radius 3 is 2.32 bits per heavy atom. The number of ether oxygens (including phenoxy) is 2. The van der Waals surface area contributed by atoms with Crippen LogP contribution in [0.3, 0.4) is 0 Å². The number of nitrogens with zero attached hydrogens (tertiary/aromatic N) is 2. The summed E-state index contributed by atoms with van der Waals surface area (Å²) < 4.78 is 25.6. The predicted molar refractivity (Wildman–Crippen MR) is 127 cm³/mol. The van der Waals surface area contributed by atoms with Gasteiger partial charge in [0, 0.05) is 18.2 Å². The highest BCUT2D eigenvalue weighted by molar-refractivity contribution is 5.95. The van der Waals surface area contributed by atoms with Gasteiger partial charge in [-0.2, -0.15) is 0 Å². The quantitative estimate of drug-likeness (QED) is 0.561. The van der Waals surface area contributed by atoms with Crippen molar-refractivity contribution in [3.05, 3.63) is 59.4 Å². The summed E-state index contributed by atoms with van der Waals surface area (Å²) in [5, 5.41) is 0. The van der Waals surface area contributed by atoms with E-state index >= 15 is 0 Å². The molecule has 2 aromatic carbocycles. The largest absolute Gasteiger partial charge is 0.493 e. The molecule has 0 aromatic heterocycles. The number of hydrogen-bond donors (Lipinski definition) is 0. The van der Waals surface area contributed by atoms with Gasteiger partial charge in [0.25, 0.3) is 5.91 Å². The summed E-state index contributed by atoms with van der Waals surface area (Å²) in [6.07, 6.45) is 6.71. The molecule has 0 bridgehead atoms. The van der Waals surface area contributed by atoms with Crippen molar-refractivity contribution < 1.29 is 23.5 Å². The summed E-state index contributed by atoms with van der Waals surface area (Å²) in [4.78, 5) is 30.4. The van der Waals surface area contributed by atoms with Crippen LogP contribution in [0.1, 0.15) is 55.7 Å². The lowest BCUT2D eigenvalue weighted by molar-refractivity contribution is -0.159. The van der Waals surface area contributed by atoms with Crippen LogP contribution in [0.15, 0.2) is 42.5 Å². The Kier molecular flexibility index (Phi) is 7.70. The first-order valence-corrected chi connectivity index (χ1v) is 12.1. The van der Waals surface area contributed by atoms with Crippen LogP contribution in [-0.2, 0) is 16.0 Å². The van der Waals surface area contributed by atoms with Crippen molar-refractivity contribution in [3.63, 3.8) is 0 Å². The van der Waals surface area contributed by atoms with Gasteiger partial charge >= 0.3 is 0 Å². The van der Waals surface area contributed by atoms with Gasteiger partial charge in [0.15, 0.2) is 11.5 Å².